The normalized spacial score (nSPS) is 19.8. The van der Waals surface area contributed by atoms with Crippen molar-refractivity contribution in [3.05, 3.63) is 72.9 Å². The Morgan fingerprint density at radius 1 is 0.891 bits per heavy atom. The largest absolute Gasteiger partial charge is 0.478 e. The molecule has 1 unspecified atom stereocenters. The summed E-state index contributed by atoms with van der Waals surface area (Å²) < 4.78 is 5.42. The number of carbonyl (C=O) groups is 3. The lowest BCUT2D eigenvalue weighted by Crippen LogP contribution is -2.49. The van der Waals surface area contributed by atoms with Gasteiger partial charge in [0, 0.05) is 84.3 Å². The number of nitrogens with one attached hydrogen (secondary N) is 1. The Labute approximate surface area is 282 Å². The van der Waals surface area contributed by atoms with Crippen molar-refractivity contribution in [1.29, 1.82) is 0 Å². The van der Waals surface area contributed by atoms with Gasteiger partial charge in [0.2, 0.25) is 5.91 Å². The molecule has 14 heteroatoms. The minimum atomic E-state index is -1.35. The number of hydrogen-bond donors (Lipinski definition) is 3. The fourth-order valence-electron chi connectivity index (χ4n) is 6.31. The number of aliphatic carboxylic acids is 2. The second-order valence-corrected chi connectivity index (χ2v) is 13.4. The van der Waals surface area contributed by atoms with E-state index in [4.69, 9.17) is 27.9 Å². The first-order valence-corrected chi connectivity index (χ1v) is 17.2. The zero-order valence-corrected chi connectivity index (χ0v) is 27.9. The van der Waals surface area contributed by atoms with Gasteiger partial charge in [0.25, 0.3) is 0 Å². The first kappa shape index (κ1) is 34.3. The van der Waals surface area contributed by atoms with Crippen LogP contribution in [0.5, 0.6) is 0 Å². The number of benzene rings is 1. The van der Waals surface area contributed by atoms with E-state index in [0.29, 0.717) is 25.2 Å². The van der Waals surface area contributed by atoms with Crippen molar-refractivity contribution in [1.82, 2.24) is 25.0 Å². The van der Waals surface area contributed by atoms with Gasteiger partial charge in [-0.25, -0.2) is 14.6 Å². The predicted octanol–water partition coefficient (Wildman–Crippen LogP) is 4.09. The number of amides is 1. The number of ether oxygens (including phenoxy) is 1. The molecule has 46 heavy (non-hydrogen) atoms. The van der Waals surface area contributed by atoms with E-state index in [1.807, 2.05) is 5.38 Å². The summed E-state index contributed by atoms with van der Waals surface area (Å²) in [4.78, 5) is 50.1. The molecular formula is C32H39Cl2N5O6S. The van der Waals surface area contributed by atoms with Crippen molar-refractivity contribution in [3.63, 3.8) is 0 Å². The molecule has 0 radical (unpaired) electrons. The maximum Gasteiger partial charge on any atom is 0.334 e. The van der Waals surface area contributed by atoms with E-state index in [1.165, 1.54) is 11.3 Å². The van der Waals surface area contributed by atoms with Gasteiger partial charge in [-0.1, -0.05) is 29.3 Å². The lowest BCUT2D eigenvalue weighted by molar-refractivity contribution is -0.133. The van der Waals surface area contributed by atoms with Crippen LogP contribution in [0, 0.1) is 0 Å². The van der Waals surface area contributed by atoms with Crippen molar-refractivity contribution in [2.24, 2.45) is 0 Å². The van der Waals surface area contributed by atoms with Crippen LogP contribution in [0.15, 0.2) is 52.3 Å². The number of carboxylic acids is 2. The number of allylic oxidation sites excluding steroid dienone is 1. The summed E-state index contributed by atoms with van der Waals surface area (Å²) in [5.74, 6) is -4.17. The number of carbonyl (C=O) groups excluding carboxylic acids is 1. The second kappa shape index (κ2) is 16.2. The highest BCUT2D eigenvalue weighted by atomic mass is 35.5. The first-order valence-electron chi connectivity index (χ1n) is 15.5. The number of hydrogen-bond acceptors (Lipinski definition) is 9. The smallest absolute Gasteiger partial charge is 0.334 e. The van der Waals surface area contributed by atoms with Crippen molar-refractivity contribution in [2.45, 2.75) is 38.0 Å². The van der Waals surface area contributed by atoms with E-state index in [2.05, 4.69) is 20.1 Å². The molecule has 0 aliphatic carbocycles. The van der Waals surface area contributed by atoms with Crippen LogP contribution in [0.3, 0.4) is 0 Å². The highest BCUT2D eigenvalue weighted by molar-refractivity contribution is 7.09. The third-order valence-corrected chi connectivity index (χ3v) is 10.2. The van der Waals surface area contributed by atoms with Gasteiger partial charge in [-0.2, -0.15) is 0 Å². The lowest BCUT2D eigenvalue weighted by Gasteiger charge is -2.36. The SMILES string of the molecule is O=C(O)C1=C(CCc2nccs2)NC(CC(=O)N2CCN(CCCCN3CCOCC3)CC2)=C(C(=O)O)C1c1c(Cl)cccc1Cl. The van der Waals surface area contributed by atoms with Gasteiger partial charge < -0.3 is 25.2 Å². The molecular weight excluding hydrogens is 653 g/mol. The first-order chi connectivity index (χ1) is 22.2. The summed E-state index contributed by atoms with van der Waals surface area (Å²) in [5.41, 5.74) is 0.211. The van der Waals surface area contributed by atoms with Crippen LogP contribution in [0.2, 0.25) is 10.0 Å². The van der Waals surface area contributed by atoms with Crippen LogP contribution in [0.25, 0.3) is 0 Å². The van der Waals surface area contributed by atoms with Crippen molar-refractivity contribution in [2.75, 3.05) is 65.6 Å². The van der Waals surface area contributed by atoms with Crippen LogP contribution in [0.4, 0.5) is 0 Å². The number of unbranched alkanes of at least 4 members (excludes halogenated alkanes) is 1. The maximum absolute atomic E-state index is 13.7. The molecule has 0 saturated carbocycles. The Balaban J connectivity index is 1.31. The average molecular weight is 693 g/mol. The third-order valence-electron chi connectivity index (χ3n) is 8.71. The Morgan fingerprint density at radius 2 is 1.50 bits per heavy atom. The topological polar surface area (TPSA) is 136 Å². The minimum Gasteiger partial charge on any atom is -0.478 e. The summed E-state index contributed by atoms with van der Waals surface area (Å²) in [6, 6.07) is 4.71. The molecule has 1 aromatic heterocycles. The summed E-state index contributed by atoms with van der Waals surface area (Å²) in [6.07, 6.45) is 4.31. The van der Waals surface area contributed by atoms with E-state index in [-0.39, 0.29) is 51.2 Å². The molecule has 4 heterocycles. The zero-order valence-electron chi connectivity index (χ0n) is 25.6. The number of nitrogens with zero attached hydrogens (tertiary/aromatic N) is 4. The van der Waals surface area contributed by atoms with E-state index in [9.17, 15) is 24.6 Å². The third kappa shape index (κ3) is 8.47. The van der Waals surface area contributed by atoms with Gasteiger partial charge in [0.15, 0.2) is 0 Å². The number of piperazine rings is 1. The number of rotatable bonds is 13. The minimum absolute atomic E-state index is 0.142. The van der Waals surface area contributed by atoms with Gasteiger partial charge in [-0.15, -0.1) is 11.3 Å². The fourth-order valence-corrected chi connectivity index (χ4v) is 7.55. The molecule has 1 aromatic carbocycles. The fraction of sp³-hybridized carbons (Fsp3) is 0.500. The maximum atomic E-state index is 13.7. The number of thiazole rings is 1. The highest BCUT2D eigenvalue weighted by Crippen LogP contribution is 2.45. The summed E-state index contributed by atoms with van der Waals surface area (Å²) >= 11 is 14.5. The summed E-state index contributed by atoms with van der Waals surface area (Å²) in [7, 11) is 0. The number of aryl methyl sites for hydroxylation is 1. The number of dihydropyridines is 1. The van der Waals surface area contributed by atoms with Crippen LogP contribution in [-0.4, -0.2) is 113 Å². The van der Waals surface area contributed by atoms with Gasteiger partial charge in [-0.05, 0) is 44.5 Å². The van der Waals surface area contributed by atoms with Crippen LogP contribution in [0.1, 0.15) is 42.2 Å². The van der Waals surface area contributed by atoms with Crippen LogP contribution in [-0.2, 0) is 25.5 Å². The van der Waals surface area contributed by atoms with Gasteiger partial charge >= 0.3 is 11.9 Å². The molecule has 3 N–H and O–H groups in total. The number of halogens is 2. The molecule has 5 rings (SSSR count). The molecule has 3 aliphatic rings. The monoisotopic (exact) mass is 691 g/mol. The molecule has 1 atom stereocenters. The van der Waals surface area contributed by atoms with Crippen molar-refractivity contribution >= 4 is 52.4 Å². The molecule has 0 spiro atoms. The van der Waals surface area contributed by atoms with Gasteiger partial charge in [0.05, 0.1) is 41.7 Å². The number of morpholine rings is 1. The van der Waals surface area contributed by atoms with Crippen molar-refractivity contribution in [3.8, 4) is 0 Å². The molecule has 0 bridgehead atoms. The molecule has 2 aromatic rings. The Bertz CT molecular complexity index is 1450. The lowest BCUT2D eigenvalue weighted by atomic mass is 9.79. The molecule has 3 aliphatic heterocycles. The van der Waals surface area contributed by atoms with Crippen LogP contribution < -0.4 is 5.32 Å². The molecule has 2 fully saturated rings. The van der Waals surface area contributed by atoms with Gasteiger partial charge in [-0.3, -0.25) is 14.6 Å². The number of carboxylic acid groups (broad SMARTS) is 2. The Morgan fingerprint density at radius 3 is 2.09 bits per heavy atom. The summed E-state index contributed by atoms with van der Waals surface area (Å²) in [6.45, 7) is 8.16. The highest BCUT2D eigenvalue weighted by Gasteiger charge is 2.41. The molecule has 1 amide bonds. The molecule has 2 saturated heterocycles. The standard InChI is InChI=1S/C32H39Cl2N5O6S/c33-21-4-3-5-22(34)27(21)30-28(31(41)42)23(6-7-25-35-8-19-46-25)36-24(29(30)32(43)44)20-26(40)39-13-11-37(12-14-39)9-1-2-10-38-15-17-45-18-16-38/h3-5,8,19,30,36H,1-2,6-7,9-18,20H2,(H,41,42)(H,43,44). The Hall–Kier alpha value is -3.00. The van der Waals surface area contributed by atoms with Crippen molar-refractivity contribution < 1.29 is 29.3 Å². The number of aromatic nitrogens is 1. The van der Waals surface area contributed by atoms with E-state index >= 15 is 0 Å². The van der Waals surface area contributed by atoms with Crippen LogP contribution >= 0.6 is 34.5 Å². The average Bonchev–Trinajstić information content (AvgIpc) is 3.56. The van der Waals surface area contributed by atoms with E-state index < -0.39 is 17.9 Å². The van der Waals surface area contributed by atoms with E-state index in [1.54, 1.807) is 29.3 Å². The quantitative estimate of drug-likeness (QED) is 0.264. The molecule has 248 valence electrons. The second-order valence-electron chi connectivity index (χ2n) is 11.6. The van der Waals surface area contributed by atoms with E-state index in [0.717, 1.165) is 70.3 Å². The Kier molecular flexibility index (Phi) is 12.1. The predicted molar refractivity (Wildman–Crippen MR) is 176 cm³/mol. The summed E-state index contributed by atoms with van der Waals surface area (Å²) in [5, 5.41) is 26.9. The zero-order chi connectivity index (χ0) is 32.6. The van der Waals surface area contributed by atoms with Gasteiger partial charge in [0.1, 0.15) is 0 Å². The molecule has 11 nitrogen and oxygen atoms in total.